The Kier molecular flexibility index (Phi) is 8.44. The van der Waals surface area contributed by atoms with Gasteiger partial charge in [0.1, 0.15) is 5.75 Å². The van der Waals surface area contributed by atoms with Crippen molar-refractivity contribution in [2.24, 2.45) is 0 Å². The van der Waals surface area contributed by atoms with Crippen LogP contribution in [0.2, 0.25) is 5.02 Å². The Morgan fingerprint density at radius 3 is 2.24 bits per heavy atom. The van der Waals surface area contributed by atoms with Gasteiger partial charge in [0, 0.05) is 32.2 Å². The lowest BCUT2D eigenvalue weighted by Crippen LogP contribution is -2.47. The molecule has 2 heterocycles. The molecule has 0 spiro atoms. The minimum Gasteiger partial charge on any atom is -0.497 e. The lowest BCUT2D eigenvalue weighted by molar-refractivity contribution is 0.198. The quantitative estimate of drug-likeness (QED) is 0.649. The average molecular weight is 440 g/mol. The van der Waals surface area contributed by atoms with Crippen LogP contribution >= 0.6 is 24.0 Å². The number of carbonyl (C=O) groups is 1. The molecule has 2 saturated heterocycles. The summed E-state index contributed by atoms with van der Waals surface area (Å²) in [5, 5.41) is 1.99. The smallest absolute Gasteiger partial charge is 0.467 e. The highest BCUT2D eigenvalue weighted by Gasteiger charge is 2.28. The highest BCUT2D eigenvalue weighted by atomic mass is 35.5. The molecule has 8 heteroatoms. The van der Waals surface area contributed by atoms with E-state index in [-0.39, 0.29) is 18.5 Å². The van der Waals surface area contributed by atoms with Crippen molar-refractivity contribution in [3.63, 3.8) is 0 Å². The maximum atomic E-state index is 9.59. The maximum Gasteiger partial charge on any atom is 0.467 e. The molecular weight excluding hydrogens is 413 g/mol. The highest BCUT2D eigenvalue weighted by Crippen LogP contribution is 2.29. The molecule has 2 aromatic carbocycles. The van der Waals surface area contributed by atoms with Crippen molar-refractivity contribution in [1.82, 2.24) is 9.96 Å². The normalized spacial score (nSPS) is 16.8. The van der Waals surface area contributed by atoms with Gasteiger partial charge < -0.3 is 14.5 Å². The lowest BCUT2D eigenvalue weighted by atomic mass is 10.1. The summed E-state index contributed by atoms with van der Waals surface area (Å²) < 4.78 is 5.34. The summed E-state index contributed by atoms with van der Waals surface area (Å²) in [6.45, 7) is 6.32. The van der Waals surface area contributed by atoms with Gasteiger partial charge in [0.2, 0.25) is 0 Å². The number of nitrogens with zero attached hydrogens (tertiary/aromatic N) is 3. The van der Waals surface area contributed by atoms with Crippen LogP contribution in [0.25, 0.3) is 0 Å². The Bertz CT molecular complexity index is 813. The zero-order valence-electron chi connectivity index (χ0n) is 16.9. The third-order valence-electron chi connectivity index (χ3n) is 5.07. The largest absolute Gasteiger partial charge is 0.497 e. The van der Waals surface area contributed by atoms with Crippen molar-refractivity contribution in [2.75, 3.05) is 45.2 Å². The molecule has 0 aliphatic carbocycles. The number of benzene rings is 2. The van der Waals surface area contributed by atoms with E-state index < -0.39 is 0 Å². The van der Waals surface area contributed by atoms with E-state index in [1.165, 1.54) is 5.56 Å². The second-order valence-electron chi connectivity index (χ2n) is 6.78. The van der Waals surface area contributed by atoms with Gasteiger partial charge in [-0.05, 0) is 36.8 Å². The fourth-order valence-corrected chi connectivity index (χ4v) is 3.52. The average Bonchev–Trinajstić information content (AvgIpc) is 3.40. The van der Waals surface area contributed by atoms with E-state index >= 15 is 0 Å². The number of methoxy groups -OCH3 is 1. The number of hydrogen-bond donors (Lipinski definition) is 0. The van der Waals surface area contributed by atoms with Crippen LogP contribution in [-0.2, 0) is 4.84 Å². The van der Waals surface area contributed by atoms with Gasteiger partial charge in [-0.2, -0.15) is 0 Å². The van der Waals surface area contributed by atoms with Crippen molar-refractivity contribution in [3.8, 4) is 5.75 Å². The third-order valence-corrected chi connectivity index (χ3v) is 5.39. The van der Waals surface area contributed by atoms with Crippen LogP contribution in [0.15, 0.2) is 48.5 Å². The molecule has 0 aromatic heterocycles. The standard InChI is InChI=1S/C19H23ClN2O.C2H3NO2.ClH/c1-15(16-6-5-7-17(14-16)23-2)21-10-12-22(13-11-21)19-9-4-3-8-18(19)20;1-3-2(4)5-3;/h3-9,14-15H,10-13H2,1-2H3;1H3;1H. The number of amides is 1. The van der Waals surface area contributed by atoms with Crippen LogP contribution in [-0.4, -0.2) is 56.4 Å². The monoisotopic (exact) mass is 439 g/mol. The Morgan fingerprint density at radius 2 is 1.69 bits per heavy atom. The van der Waals surface area contributed by atoms with Crippen LogP contribution in [0, 0.1) is 0 Å². The van der Waals surface area contributed by atoms with E-state index in [1.807, 2.05) is 24.3 Å². The molecule has 2 aromatic rings. The first-order chi connectivity index (χ1) is 13.5. The van der Waals surface area contributed by atoms with Crippen molar-refractivity contribution in [2.45, 2.75) is 13.0 Å². The van der Waals surface area contributed by atoms with Crippen molar-refractivity contribution < 1.29 is 14.4 Å². The number of hydrogen-bond acceptors (Lipinski definition) is 5. The van der Waals surface area contributed by atoms with E-state index in [4.69, 9.17) is 16.3 Å². The Balaban J connectivity index is 0.000000437. The van der Waals surface area contributed by atoms with Crippen LogP contribution < -0.4 is 9.64 Å². The second kappa shape index (κ2) is 10.6. The zero-order chi connectivity index (χ0) is 20.1. The number of rotatable bonds is 4. The Morgan fingerprint density at radius 1 is 1.07 bits per heavy atom. The van der Waals surface area contributed by atoms with Crippen LogP contribution in [0.5, 0.6) is 5.75 Å². The molecule has 158 valence electrons. The number of piperazine rings is 1. The van der Waals surface area contributed by atoms with Gasteiger partial charge in [-0.3, -0.25) is 4.90 Å². The molecule has 0 N–H and O–H groups in total. The van der Waals surface area contributed by atoms with Gasteiger partial charge in [-0.15, -0.1) is 17.5 Å². The SMILES string of the molecule is CN1OC1=O.COc1cccc(C(C)N2CCN(c3ccccc3Cl)CC2)c1.Cl. The van der Waals surface area contributed by atoms with Gasteiger partial charge >= 0.3 is 6.09 Å². The molecule has 0 radical (unpaired) electrons. The summed E-state index contributed by atoms with van der Waals surface area (Å²) in [5.41, 5.74) is 2.44. The predicted octanol–water partition coefficient (Wildman–Crippen LogP) is 4.64. The first-order valence-corrected chi connectivity index (χ1v) is 9.70. The van der Waals surface area contributed by atoms with Crippen molar-refractivity contribution >= 4 is 35.8 Å². The predicted molar refractivity (Wildman–Crippen MR) is 118 cm³/mol. The number of carbonyl (C=O) groups excluding carboxylic acids is 1. The molecule has 1 atom stereocenters. The van der Waals surface area contributed by atoms with Gasteiger partial charge in [-0.25, -0.2) is 4.79 Å². The molecule has 0 saturated carbocycles. The van der Waals surface area contributed by atoms with Gasteiger partial charge in [0.25, 0.3) is 0 Å². The molecule has 4 rings (SSSR count). The third kappa shape index (κ3) is 6.16. The number of hydroxylamine groups is 2. The number of halogens is 2. The van der Waals surface area contributed by atoms with E-state index in [9.17, 15) is 4.79 Å². The van der Waals surface area contributed by atoms with Gasteiger partial charge in [0.05, 0.1) is 24.9 Å². The molecule has 1 amide bonds. The molecule has 0 bridgehead atoms. The summed E-state index contributed by atoms with van der Waals surface area (Å²) in [7, 11) is 3.27. The fraction of sp³-hybridized carbons (Fsp3) is 0.381. The minimum atomic E-state index is -0.245. The summed E-state index contributed by atoms with van der Waals surface area (Å²) in [4.78, 5) is 18.6. The second-order valence-corrected chi connectivity index (χ2v) is 7.19. The van der Waals surface area contributed by atoms with Crippen molar-refractivity contribution in [3.05, 3.63) is 59.1 Å². The number of anilines is 1. The van der Waals surface area contributed by atoms with Gasteiger partial charge in [-0.1, -0.05) is 35.9 Å². The molecular formula is C21H27Cl2N3O3. The van der Waals surface area contributed by atoms with E-state index in [0.29, 0.717) is 6.04 Å². The zero-order valence-corrected chi connectivity index (χ0v) is 18.4. The lowest BCUT2D eigenvalue weighted by Gasteiger charge is -2.39. The molecule has 29 heavy (non-hydrogen) atoms. The van der Waals surface area contributed by atoms with Crippen LogP contribution in [0.1, 0.15) is 18.5 Å². The van der Waals surface area contributed by atoms with Crippen molar-refractivity contribution in [1.29, 1.82) is 0 Å². The van der Waals surface area contributed by atoms with Crippen LogP contribution in [0.3, 0.4) is 0 Å². The van der Waals surface area contributed by atoms with Crippen LogP contribution in [0.4, 0.5) is 10.5 Å². The van der Waals surface area contributed by atoms with E-state index in [0.717, 1.165) is 47.7 Å². The Hall–Kier alpha value is -2.15. The van der Waals surface area contributed by atoms with E-state index in [2.05, 4.69) is 45.8 Å². The summed E-state index contributed by atoms with van der Waals surface area (Å²) in [6.07, 6.45) is -0.245. The molecule has 2 fully saturated rings. The number of ether oxygens (including phenoxy) is 1. The summed E-state index contributed by atoms with van der Waals surface area (Å²) in [6, 6.07) is 16.8. The first kappa shape index (κ1) is 23.1. The molecule has 2 aliphatic heterocycles. The summed E-state index contributed by atoms with van der Waals surface area (Å²) in [5.74, 6) is 0.920. The first-order valence-electron chi connectivity index (χ1n) is 9.32. The fourth-order valence-electron chi connectivity index (χ4n) is 3.27. The molecule has 6 nitrogen and oxygen atoms in total. The highest BCUT2D eigenvalue weighted by molar-refractivity contribution is 6.33. The van der Waals surface area contributed by atoms with Gasteiger partial charge in [0.15, 0.2) is 0 Å². The number of para-hydroxylation sites is 1. The maximum absolute atomic E-state index is 9.59. The minimum absolute atomic E-state index is 0. The summed E-state index contributed by atoms with van der Waals surface area (Å²) >= 11 is 6.32. The molecule has 1 unspecified atom stereocenters. The topological polar surface area (TPSA) is 48.3 Å². The molecule has 2 aliphatic rings. The Labute approximate surface area is 183 Å². The van der Waals surface area contributed by atoms with E-state index in [1.54, 1.807) is 14.2 Å².